The fraction of sp³-hybridized carbons (Fsp3) is 0.667. The van der Waals surface area contributed by atoms with Crippen LogP contribution in [0, 0.1) is 12.8 Å². The number of aryl methyl sites for hydroxylation is 1. The molecule has 19 heavy (non-hydrogen) atoms. The molecule has 0 unspecified atom stereocenters. The molecular weight excluding hydrogens is 252 g/mol. The lowest BCUT2D eigenvalue weighted by Crippen LogP contribution is -2.49. The van der Waals surface area contributed by atoms with Crippen LogP contribution in [0.25, 0.3) is 0 Å². The second-order valence-electron chi connectivity index (χ2n) is 4.60. The molecule has 1 aliphatic rings. The zero-order valence-corrected chi connectivity index (χ0v) is 11.0. The van der Waals surface area contributed by atoms with Gasteiger partial charge in [-0.15, -0.1) is 0 Å². The van der Waals surface area contributed by atoms with Crippen LogP contribution in [0.4, 0.5) is 0 Å². The van der Waals surface area contributed by atoms with Gasteiger partial charge >= 0.3 is 0 Å². The Balaban J connectivity index is 1.86. The lowest BCUT2D eigenvalue weighted by atomic mass is 9.96. The summed E-state index contributed by atoms with van der Waals surface area (Å²) in [4.78, 5) is 11.8. The number of aromatic nitrogens is 1. The number of aliphatic hydroxyl groups excluding tert-OH is 1. The molecule has 1 fully saturated rings. The highest BCUT2D eigenvalue weighted by Gasteiger charge is 2.32. The minimum atomic E-state index is -0.655. The van der Waals surface area contributed by atoms with E-state index in [1.54, 1.807) is 13.0 Å². The molecule has 1 aromatic heterocycles. The highest BCUT2D eigenvalue weighted by molar-refractivity contribution is 5.92. The Hall–Kier alpha value is -1.44. The van der Waals surface area contributed by atoms with Crippen LogP contribution in [-0.4, -0.2) is 55.2 Å². The van der Waals surface area contributed by atoms with E-state index in [4.69, 9.17) is 14.0 Å². The molecule has 0 spiro atoms. The molecule has 7 nitrogen and oxygen atoms in total. The van der Waals surface area contributed by atoms with Crippen molar-refractivity contribution in [1.29, 1.82) is 0 Å². The number of hydrogen-bond acceptors (Lipinski definition) is 6. The Kier molecular flexibility index (Phi) is 4.52. The first kappa shape index (κ1) is 14.0. The summed E-state index contributed by atoms with van der Waals surface area (Å²) in [7, 11) is 1.52. The Bertz CT molecular complexity index is 434. The smallest absolute Gasteiger partial charge is 0.273 e. The summed E-state index contributed by atoms with van der Waals surface area (Å²) in [6, 6.07) is 1.56. The number of aliphatic hydroxyl groups is 1. The lowest BCUT2D eigenvalue weighted by Gasteiger charge is -2.33. The summed E-state index contributed by atoms with van der Waals surface area (Å²) in [5.41, 5.74) is 0.229. The zero-order valence-electron chi connectivity index (χ0n) is 11.0. The molecule has 0 aliphatic carbocycles. The highest BCUT2D eigenvalue weighted by atomic mass is 16.5. The summed E-state index contributed by atoms with van der Waals surface area (Å²) >= 11 is 0. The van der Waals surface area contributed by atoms with E-state index in [2.05, 4.69) is 10.5 Å². The van der Waals surface area contributed by atoms with Crippen LogP contribution in [0.5, 0.6) is 0 Å². The van der Waals surface area contributed by atoms with Crippen LogP contribution < -0.4 is 5.32 Å². The van der Waals surface area contributed by atoms with Gasteiger partial charge < -0.3 is 24.4 Å². The van der Waals surface area contributed by atoms with Gasteiger partial charge in [0.15, 0.2) is 5.69 Å². The van der Waals surface area contributed by atoms with Crippen molar-refractivity contribution in [3.05, 3.63) is 17.5 Å². The van der Waals surface area contributed by atoms with E-state index in [1.165, 1.54) is 7.11 Å². The van der Waals surface area contributed by atoms with Gasteiger partial charge in [-0.1, -0.05) is 5.16 Å². The van der Waals surface area contributed by atoms with Crippen LogP contribution in [0.15, 0.2) is 10.6 Å². The number of rotatable bonds is 4. The van der Waals surface area contributed by atoms with Gasteiger partial charge in [0.25, 0.3) is 5.91 Å². The first-order chi connectivity index (χ1) is 9.11. The number of nitrogens with one attached hydrogen (secondary N) is 1. The van der Waals surface area contributed by atoms with Gasteiger partial charge in [0.05, 0.1) is 19.3 Å². The molecule has 2 heterocycles. The minimum absolute atomic E-state index is 0.198. The van der Waals surface area contributed by atoms with Gasteiger partial charge in [-0.05, 0) is 6.92 Å². The number of amides is 1. The largest absolute Gasteiger partial charge is 0.390 e. The number of methoxy groups -OCH3 is 1. The monoisotopic (exact) mass is 270 g/mol. The van der Waals surface area contributed by atoms with E-state index in [1.807, 2.05) is 0 Å². The number of nitrogens with zero attached hydrogens (tertiary/aromatic N) is 1. The van der Waals surface area contributed by atoms with E-state index < -0.39 is 6.10 Å². The molecule has 2 rings (SSSR count). The third-order valence-corrected chi connectivity index (χ3v) is 3.17. The molecule has 0 radical (unpaired) electrons. The van der Waals surface area contributed by atoms with Gasteiger partial charge in [-0.3, -0.25) is 4.79 Å². The lowest BCUT2D eigenvalue weighted by molar-refractivity contribution is -0.132. The Morgan fingerprint density at radius 3 is 3.05 bits per heavy atom. The van der Waals surface area contributed by atoms with Crippen molar-refractivity contribution < 1.29 is 23.9 Å². The van der Waals surface area contributed by atoms with Gasteiger partial charge in [-0.2, -0.15) is 0 Å². The van der Waals surface area contributed by atoms with Gasteiger partial charge in [0, 0.05) is 25.6 Å². The molecule has 1 amide bonds. The molecule has 1 aliphatic heterocycles. The predicted molar refractivity (Wildman–Crippen MR) is 64.7 cm³/mol. The minimum Gasteiger partial charge on any atom is -0.390 e. The molecule has 1 saturated heterocycles. The first-order valence-corrected chi connectivity index (χ1v) is 6.12. The summed E-state index contributed by atoms with van der Waals surface area (Å²) in [5.74, 6) is 0.0462. The number of ether oxygens (including phenoxy) is 2. The number of carbonyl (C=O) groups excluding carboxylic acids is 1. The summed E-state index contributed by atoms with van der Waals surface area (Å²) in [6.45, 7) is 2.77. The van der Waals surface area contributed by atoms with E-state index in [0.29, 0.717) is 25.5 Å². The highest BCUT2D eigenvalue weighted by Crippen LogP contribution is 2.16. The maximum Gasteiger partial charge on any atom is 0.273 e. The summed E-state index contributed by atoms with van der Waals surface area (Å²) in [6.07, 6.45) is -1.01. The second kappa shape index (κ2) is 6.14. The van der Waals surface area contributed by atoms with Crippen LogP contribution in [0.3, 0.4) is 0 Å². The van der Waals surface area contributed by atoms with Crippen molar-refractivity contribution in [3.8, 4) is 0 Å². The van der Waals surface area contributed by atoms with Gasteiger partial charge in [-0.25, -0.2) is 0 Å². The maximum atomic E-state index is 11.8. The van der Waals surface area contributed by atoms with Crippen molar-refractivity contribution in [2.75, 3.05) is 26.9 Å². The fourth-order valence-electron chi connectivity index (χ4n) is 2.01. The third-order valence-electron chi connectivity index (χ3n) is 3.17. The van der Waals surface area contributed by atoms with E-state index in [-0.39, 0.29) is 23.6 Å². The van der Waals surface area contributed by atoms with E-state index in [9.17, 15) is 9.90 Å². The summed E-state index contributed by atoms with van der Waals surface area (Å²) in [5, 5.41) is 16.4. The maximum absolute atomic E-state index is 11.8. The normalized spacial score (nSPS) is 27.2. The first-order valence-electron chi connectivity index (χ1n) is 6.12. The Labute approximate surface area is 110 Å². The molecule has 0 bridgehead atoms. The standard InChI is InChI=1S/C12H18N2O5/c1-7-3-9(14-19-7)12(16)13-4-8-5-18-6-10(17-2)11(8)15/h3,8,10-11,15H,4-6H2,1-2H3,(H,13,16)/t8-,10-,11+/m1/s1. The van der Waals surface area contributed by atoms with Crippen molar-refractivity contribution in [3.63, 3.8) is 0 Å². The topological polar surface area (TPSA) is 93.8 Å². The van der Waals surface area contributed by atoms with Crippen LogP contribution in [-0.2, 0) is 9.47 Å². The number of carbonyl (C=O) groups is 1. The molecule has 0 aromatic carbocycles. The molecule has 3 atom stereocenters. The quantitative estimate of drug-likeness (QED) is 0.782. The fourth-order valence-corrected chi connectivity index (χ4v) is 2.01. The Morgan fingerprint density at radius 1 is 1.63 bits per heavy atom. The van der Waals surface area contributed by atoms with E-state index in [0.717, 1.165) is 0 Å². The van der Waals surface area contributed by atoms with Crippen LogP contribution >= 0.6 is 0 Å². The molecule has 2 N–H and O–H groups in total. The zero-order chi connectivity index (χ0) is 13.8. The summed E-state index contributed by atoms with van der Waals surface area (Å²) < 4.78 is 15.3. The molecule has 1 aromatic rings. The molecular formula is C12H18N2O5. The number of hydrogen-bond donors (Lipinski definition) is 2. The SMILES string of the molecule is CO[C@@H]1COC[C@@H](CNC(=O)c2cc(C)on2)[C@@H]1O. The van der Waals surface area contributed by atoms with Crippen molar-refractivity contribution in [2.45, 2.75) is 19.1 Å². The predicted octanol–water partition coefficient (Wildman–Crippen LogP) is -0.265. The van der Waals surface area contributed by atoms with Crippen molar-refractivity contribution in [1.82, 2.24) is 10.5 Å². The third kappa shape index (κ3) is 3.31. The van der Waals surface area contributed by atoms with Crippen molar-refractivity contribution in [2.24, 2.45) is 5.92 Å². The molecule has 0 saturated carbocycles. The van der Waals surface area contributed by atoms with Gasteiger partial charge in [0.2, 0.25) is 0 Å². The average Bonchev–Trinajstić information content (AvgIpc) is 2.84. The van der Waals surface area contributed by atoms with Gasteiger partial charge in [0.1, 0.15) is 11.9 Å². The van der Waals surface area contributed by atoms with E-state index >= 15 is 0 Å². The molecule has 7 heteroatoms. The molecule has 106 valence electrons. The Morgan fingerprint density at radius 2 is 2.42 bits per heavy atom. The average molecular weight is 270 g/mol. The van der Waals surface area contributed by atoms with Crippen LogP contribution in [0.2, 0.25) is 0 Å². The van der Waals surface area contributed by atoms with Crippen molar-refractivity contribution >= 4 is 5.91 Å². The second-order valence-corrected chi connectivity index (χ2v) is 4.60. The van der Waals surface area contributed by atoms with Crippen LogP contribution in [0.1, 0.15) is 16.2 Å².